The van der Waals surface area contributed by atoms with E-state index in [9.17, 15) is 4.79 Å². The summed E-state index contributed by atoms with van der Waals surface area (Å²) in [7, 11) is 0. The minimum Gasteiger partial charge on any atom is -0.341 e. The zero-order chi connectivity index (χ0) is 15.2. The molecule has 0 saturated heterocycles. The summed E-state index contributed by atoms with van der Waals surface area (Å²) in [5, 5.41) is 14.0. The molecule has 0 aliphatic heterocycles. The number of carbonyl (C=O) groups excluding carboxylic acids is 1. The molecule has 2 N–H and O–H groups in total. The summed E-state index contributed by atoms with van der Waals surface area (Å²) in [5.74, 6) is 0.557. The molecule has 1 atom stereocenters. The number of aryl methyl sites for hydroxylation is 2. The molecule has 2 aromatic heterocycles. The maximum absolute atomic E-state index is 12.2. The van der Waals surface area contributed by atoms with Crippen LogP contribution in [0.2, 0.25) is 0 Å². The molecule has 2 aromatic rings. The molecule has 0 aromatic carbocycles. The molecule has 0 saturated carbocycles. The molecule has 114 valence electrons. The Morgan fingerprint density at radius 2 is 2.24 bits per heavy atom. The third kappa shape index (κ3) is 3.68. The van der Waals surface area contributed by atoms with Crippen molar-refractivity contribution in [1.82, 2.24) is 30.3 Å². The number of hydrogen-bond donors (Lipinski definition) is 2. The minimum absolute atomic E-state index is 0.202. The van der Waals surface area contributed by atoms with Gasteiger partial charge in [0.25, 0.3) is 5.91 Å². The van der Waals surface area contributed by atoms with E-state index in [4.69, 9.17) is 0 Å². The van der Waals surface area contributed by atoms with Crippen LogP contribution in [0.1, 0.15) is 61.7 Å². The van der Waals surface area contributed by atoms with E-state index >= 15 is 0 Å². The van der Waals surface area contributed by atoms with Crippen LogP contribution in [0.15, 0.2) is 12.4 Å². The van der Waals surface area contributed by atoms with Crippen molar-refractivity contribution in [3.63, 3.8) is 0 Å². The second-order valence-electron chi connectivity index (χ2n) is 5.06. The van der Waals surface area contributed by atoms with E-state index in [0.29, 0.717) is 5.69 Å². The van der Waals surface area contributed by atoms with Crippen molar-refractivity contribution in [2.24, 2.45) is 0 Å². The van der Waals surface area contributed by atoms with Crippen molar-refractivity contribution < 1.29 is 4.79 Å². The van der Waals surface area contributed by atoms with Crippen LogP contribution in [-0.2, 0) is 13.0 Å². The van der Waals surface area contributed by atoms with Crippen LogP contribution in [-0.4, -0.2) is 30.9 Å². The standard InChI is InChI=1S/C14H22N6O/c1-4-6-11-8-12(19-18-11)14(21)17-10(3)13-15-9-16-20(13)7-5-2/h8-10H,4-7H2,1-3H3,(H,17,21)(H,18,19)/t10-/m1/s1. The monoisotopic (exact) mass is 290 g/mol. The van der Waals surface area contributed by atoms with Gasteiger partial charge in [0.05, 0.1) is 6.04 Å². The van der Waals surface area contributed by atoms with Gasteiger partial charge < -0.3 is 5.32 Å². The molecule has 0 fully saturated rings. The average Bonchev–Trinajstić information content (AvgIpc) is 3.08. The number of hydrogen-bond acceptors (Lipinski definition) is 4. The number of aromatic amines is 1. The number of H-pyrrole nitrogens is 1. The van der Waals surface area contributed by atoms with Crippen LogP contribution in [0.25, 0.3) is 0 Å². The van der Waals surface area contributed by atoms with Gasteiger partial charge in [-0.05, 0) is 25.8 Å². The minimum atomic E-state index is -0.210. The number of rotatable bonds is 7. The average molecular weight is 290 g/mol. The lowest BCUT2D eigenvalue weighted by Crippen LogP contribution is -2.29. The SMILES string of the molecule is CCCc1cc(C(=O)N[C@H](C)c2ncnn2CCC)n[nH]1. The molecule has 0 bridgehead atoms. The van der Waals surface area contributed by atoms with E-state index in [2.05, 4.69) is 39.4 Å². The van der Waals surface area contributed by atoms with Gasteiger partial charge >= 0.3 is 0 Å². The Labute approximate surface area is 124 Å². The van der Waals surface area contributed by atoms with Crippen molar-refractivity contribution in [1.29, 1.82) is 0 Å². The molecule has 7 nitrogen and oxygen atoms in total. The fourth-order valence-electron chi connectivity index (χ4n) is 2.20. The fraction of sp³-hybridized carbons (Fsp3) is 0.571. The molecule has 7 heteroatoms. The summed E-state index contributed by atoms with van der Waals surface area (Å²) in [6.45, 7) is 6.85. The van der Waals surface area contributed by atoms with Gasteiger partial charge in [-0.2, -0.15) is 10.2 Å². The molecule has 2 heterocycles. The van der Waals surface area contributed by atoms with Crippen molar-refractivity contribution in [3.8, 4) is 0 Å². The van der Waals surface area contributed by atoms with Crippen molar-refractivity contribution >= 4 is 5.91 Å². The first-order valence-electron chi connectivity index (χ1n) is 7.38. The predicted molar refractivity (Wildman–Crippen MR) is 78.8 cm³/mol. The maximum Gasteiger partial charge on any atom is 0.272 e. The molecule has 1 amide bonds. The van der Waals surface area contributed by atoms with Crippen molar-refractivity contribution in [2.75, 3.05) is 0 Å². The van der Waals surface area contributed by atoms with Gasteiger partial charge in [-0.15, -0.1) is 0 Å². The highest BCUT2D eigenvalue weighted by Gasteiger charge is 2.18. The second-order valence-corrected chi connectivity index (χ2v) is 5.06. The molecule has 0 spiro atoms. The first kappa shape index (κ1) is 15.2. The molecule has 0 aliphatic carbocycles. The third-order valence-electron chi connectivity index (χ3n) is 3.20. The lowest BCUT2D eigenvalue weighted by atomic mass is 10.2. The molecule has 2 rings (SSSR count). The predicted octanol–water partition coefficient (Wildman–Crippen LogP) is 1.85. The van der Waals surface area contributed by atoms with Crippen LogP contribution in [0.4, 0.5) is 0 Å². The largest absolute Gasteiger partial charge is 0.341 e. The van der Waals surface area contributed by atoms with Gasteiger partial charge in [-0.3, -0.25) is 9.89 Å². The van der Waals surface area contributed by atoms with Crippen LogP contribution < -0.4 is 5.32 Å². The molecule has 21 heavy (non-hydrogen) atoms. The molecular formula is C14H22N6O. The van der Waals surface area contributed by atoms with Crippen molar-refractivity contribution in [2.45, 2.75) is 52.6 Å². The summed E-state index contributed by atoms with van der Waals surface area (Å²) in [4.78, 5) is 16.4. The Hall–Kier alpha value is -2.18. The smallest absolute Gasteiger partial charge is 0.272 e. The van der Waals surface area contributed by atoms with E-state index in [-0.39, 0.29) is 11.9 Å². The molecular weight excluding hydrogens is 268 g/mol. The summed E-state index contributed by atoms with van der Waals surface area (Å²) in [6, 6.07) is 1.58. The quantitative estimate of drug-likeness (QED) is 0.814. The van der Waals surface area contributed by atoms with Gasteiger partial charge in [0.2, 0.25) is 0 Å². The fourth-order valence-corrected chi connectivity index (χ4v) is 2.20. The van der Waals surface area contributed by atoms with Gasteiger partial charge in [-0.25, -0.2) is 9.67 Å². The van der Waals surface area contributed by atoms with Crippen molar-refractivity contribution in [3.05, 3.63) is 29.6 Å². The maximum atomic E-state index is 12.2. The van der Waals surface area contributed by atoms with E-state index in [1.54, 1.807) is 6.07 Å². The second kappa shape index (κ2) is 7.01. The Morgan fingerprint density at radius 1 is 1.43 bits per heavy atom. The number of carbonyl (C=O) groups is 1. The summed E-state index contributed by atoms with van der Waals surface area (Å²) < 4.78 is 1.82. The first-order valence-corrected chi connectivity index (χ1v) is 7.38. The Morgan fingerprint density at radius 3 is 2.95 bits per heavy atom. The zero-order valence-corrected chi connectivity index (χ0v) is 12.8. The Bertz CT molecular complexity index is 588. The van der Waals surface area contributed by atoms with E-state index in [1.165, 1.54) is 6.33 Å². The number of aromatic nitrogens is 5. The zero-order valence-electron chi connectivity index (χ0n) is 12.8. The molecule has 0 radical (unpaired) electrons. The number of nitrogens with one attached hydrogen (secondary N) is 2. The van der Waals surface area contributed by atoms with E-state index in [1.807, 2.05) is 11.6 Å². The number of nitrogens with zero attached hydrogens (tertiary/aromatic N) is 4. The molecule has 0 aliphatic rings. The first-order chi connectivity index (χ1) is 10.2. The van der Waals surface area contributed by atoms with E-state index < -0.39 is 0 Å². The van der Waals surface area contributed by atoms with Crippen LogP contribution in [0.5, 0.6) is 0 Å². The topological polar surface area (TPSA) is 88.5 Å². The Kier molecular flexibility index (Phi) is 5.08. The third-order valence-corrected chi connectivity index (χ3v) is 3.20. The van der Waals surface area contributed by atoms with Gasteiger partial charge in [-0.1, -0.05) is 20.3 Å². The van der Waals surface area contributed by atoms with Gasteiger partial charge in [0.1, 0.15) is 17.8 Å². The highest BCUT2D eigenvalue weighted by atomic mass is 16.2. The summed E-state index contributed by atoms with van der Waals surface area (Å²) in [6.07, 6.45) is 4.39. The van der Waals surface area contributed by atoms with Crippen LogP contribution in [0.3, 0.4) is 0 Å². The van der Waals surface area contributed by atoms with E-state index in [0.717, 1.165) is 37.3 Å². The normalized spacial score (nSPS) is 12.3. The van der Waals surface area contributed by atoms with Crippen LogP contribution in [0, 0.1) is 0 Å². The lowest BCUT2D eigenvalue weighted by Gasteiger charge is -2.13. The summed E-state index contributed by atoms with van der Waals surface area (Å²) in [5.41, 5.74) is 1.39. The van der Waals surface area contributed by atoms with Gasteiger partial charge in [0.15, 0.2) is 0 Å². The van der Waals surface area contributed by atoms with Gasteiger partial charge in [0, 0.05) is 12.2 Å². The van der Waals surface area contributed by atoms with Crippen LogP contribution >= 0.6 is 0 Å². The summed E-state index contributed by atoms with van der Waals surface area (Å²) >= 11 is 0. The molecule has 0 unspecified atom stereocenters. The highest BCUT2D eigenvalue weighted by molar-refractivity contribution is 5.92. The lowest BCUT2D eigenvalue weighted by molar-refractivity contribution is 0.0932. The highest BCUT2D eigenvalue weighted by Crippen LogP contribution is 2.10. The Balaban J connectivity index is 2.02. The number of amides is 1.